The minimum absolute atomic E-state index is 0.129. The van der Waals surface area contributed by atoms with Gasteiger partial charge in [0, 0.05) is 18.7 Å². The van der Waals surface area contributed by atoms with Crippen molar-refractivity contribution in [3.63, 3.8) is 0 Å². The molecule has 0 atom stereocenters. The van der Waals surface area contributed by atoms with Crippen molar-refractivity contribution in [1.29, 1.82) is 0 Å². The van der Waals surface area contributed by atoms with Crippen LogP contribution in [0.2, 0.25) is 0 Å². The Labute approximate surface area is 118 Å². The number of nitrogens with one attached hydrogen (secondary N) is 1. The molecule has 1 heterocycles. The predicted octanol–water partition coefficient (Wildman–Crippen LogP) is 1.45. The lowest BCUT2D eigenvalue weighted by Gasteiger charge is -2.16. The number of amides is 1. The van der Waals surface area contributed by atoms with Crippen LogP contribution in [0.25, 0.3) is 0 Å². The molecule has 1 aromatic carbocycles. The molecule has 0 unspecified atom stereocenters. The minimum Gasteiger partial charge on any atom is -0.487 e. The van der Waals surface area contributed by atoms with Gasteiger partial charge in [0.1, 0.15) is 13.2 Å². The van der Waals surface area contributed by atoms with Crippen LogP contribution in [-0.2, 0) is 14.3 Å². The summed E-state index contributed by atoms with van der Waals surface area (Å²) in [5.74, 6) is 1.08. The summed E-state index contributed by atoms with van der Waals surface area (Å²) in [5.41, 5.74) is 0.670. The highest BCUT2D eigenvalue weighted by Gasteiger charge is 2.09. The lowest BCUT2D eigenvalue weighted by molar-refractivity contribution is -0.114. The number of fused-ring (bicyclic) bond motifs is 1. The third kappa shape index (κ3) is 4.71. The van der Waals surface area contributed by atoms with Gasteiger partial charge in [-0.2, -0.15) is 0 Å². The van der Waals surface area contributed by atoms with Crippen molar-refractivity contribution in [2.75, 3.05) is 45.0 Å². The molecule has 1 aliphatic rings. The summed E-state index contributed by atoms with van der Waals surface area (Å²) >= 11 is 0. The number of carbonyl (C=O) groups is 1. The summed E-state index contributed by atoms with van der Waals surface area (Å²) in [6.45, 7) is 4.39. The molecule has 2 rings (SSSR count). The van der Waals surface area contributed by atoms with Gasteiger partial charge in [0.15, 0.2) is 11.5 Å². The maximum Gasteiger partial charge on any atom is 0.221 e. The first-order valence-electron chi connectivity index (χ1n) is 6.58. The number of hydrogen-bond donors (Lipinski definition) is 1. The largest absolute Gasteiger partial charge is 0.487 e. The molecule has 0 bridgehead atoms. The van der Waals surface area contributed by atoms with Gasteiger partial charge in [-0.05, 0) is 12.1 Å². The van der Waals surface area contributed by atoms with Crippen molar-refractivity contribution in [1.82, 2.24) is 0 Å². The number of benzene rings is 1. The molecule has 110 valence electrons. The SMILES string of the molecule is CC(=O)Nc1ccc2c(c1)OCCOCCOCCO2. The van der Waals surface area contributed by atoms with Crippen LogP contribution in [0.4, 0.5) is 5.69 Å². The molecule has 20 heavy (non-hydrogen) atoms. The third-order valence-corrected chi connectivity index (χ3v) is 2.61. The third-order valence-electron chi connectivity index (χ3n) is 2.61. The molecule has 0 spiro atoms. The van der Waals surface area contributed by atoms with Gasteiger partial charge in [0.05, 0.1) is 26.4 Å². The zero-order valence-electron chi connectivity index (χ0n) is 11.5. The summed E-state index contributed by atoms with van der Waals surface area (Å²) in [6.07, 6.45) is 0. The molecule has 0 saturated carbocycles. The molecule has 6 heteroatoms. The van der Waals surface area contributed by atoms with Crippen LogP contribution in [0.5, 0.6) is 11.5 Å². The first-order valence-corrected chi connectivity index (χ1v) is 6.58. The van der Waals surface area contributed by atoms with Crippen LogP contribution in [-0.4, -0.2) is 45.5 Å². The van der Waals surface area contributed by atoms with Gasteiger partial charge in [-0.25, -0.2) is 0 Å². The summed E-state index contributed by atoms with van der Waals surface area (Å²) < 4.78 is 22.0. The van der Waals surface area contributed by atoms with E-state index in [1.165, 1.54) is 6.92 Å². The van der Waals surface area contributed by atoms with E-state index >= 15 is 0 Å². The molecule has 1 N–H and O–H groups in total. The number of hydrogen-bond acceptors (Lipinski definition) is 5. The van der Waals surface area contributed by atoms with E-state index in [2.05, 4.69) is 5.32 Å². The zero-order valence-corrected chi connectivity index (χ0v) is 11.5. The van der Waals surface area contributed by atoms with Gasteiger partial charge < -0.3 is 24.3 Å². The second-order valence-electron chi connectivity index (χ2n) is 4.26. The van der Waals surface area contributed by atoms with Crippen LogP contribution in [0.3, 0.4) is 0 Å². The molecular weight excluding hydrogens is 262 g/mol. The molecule has 6 nitrogen and oxygen atoms in total. The molecule has 0 fully saturated rings. The standard InChI is InChI=1S/C14H19NO5/c1-11(16)15-12-2-3-13-14(10-12)20-9-7-18-5-4-17-6-8-19-13/h2-3,10H,4-9H2,1H3,(H,15,16). The zero-order chi connectivity index (χ0) is 14.2. The van der Waals surface area contributed by atoms with Crippen molar-refractivity contribution in [3.05, 3.63) is 18.2 Å². The Balaban J connectivity index is 2.09. The van der Waals surface area contributed by atoms with Crippen molar-refractivity contribution < 1.29 is 23.7 Å². The number of carbonyl (C=O) groups excluding carboxylic acids is 1. The average molecular weight is 281 g/mol. The molecule has 1 aromatic rings. The topological polar surface area (TPSA) is 66.0 Å². The second-order valence-corrected chi connectivity index (χ2v) is 4.26. The van der Waals surface area contributed by atoms with Gasteiger partial charge in [0.2, 0.25) is 5.91 Å². The van der Waals surface area contributed by atoms with Crippen molar-refractivity contribution in [2.45, 2.75) is 6.92 Å². The van der Waals surface area contributed by atoms with Gasteiger partial charge in [0.25, 0.3) is 0 Å². The Morgan fingerprint density at radius 1 is 0.950 bits per heavy atom. The van der Waals surface area contributed by atoms with E-state index in [-0.39, 0.29) is 5.91 Å². The minimum atomic E-state index is -0.129. The second kappa shape index (κ2) is 7.72. The van der Waals surface area contributed by atoms with E-state index in [9.17, 15) is 4.79 Å². The smallest absolute Gasteiger partial charge is 0.221 e. The average Bonchev–Trinajstić information content (AvgIpc) is 2.40. The van der Waals surface area contributed by atoms with Gasteiger partial charge in [-0.1, -0.05) is 0 Å². The number of rotatable bonds is 1. The highest BCUT2D eigenvalue weighted by molar-refractivity contribution is 5.89. The van der Waals surface area contributed by atoms with Crippen LogP contribution >= 0.6 is 0 Å². The molecule has 0 radical (unpaired) electrons. The van der Waals surface area contributed by atoms with Crippen molar-refractivity contribution in [3.8, 4) is 11.5 Å². The lowest BCUT2D eigenvalue weighted by Crippen LogP contribution is -2.16. The Bertz CT molecular complexity index is 449. The fourth-order valence-corrected chi connectivity index (χ4v) is 1.76. The fourth-order valence-electron chi connectivity index (χ4n) is 1.76. The van der Waals surface area contributed by atoms with Gasteiger partial charge in [-0.15, -0.1) is 0 Å². The molecule has 1 aliphatic heterocycles. The van der Waals surface area contributed by atoms with Gasteiger partial charge in [-0.3, -0.25) is 4.79 Å². The number of anilines is 1. The summed E-state index contributed by atoms with van der Waals surface area (Å²) in [5, 5.41) is 2.71. The van der Waals surface area contributed by atoms with E-state index in [1.54, 1.807) is 18.2 Å². The highest BCUT2D eigenvalue weighted by Crippen LogP contribution is 2.30. The molecular formula is C14H19NO5. The van der Waals surface area contributed by atoms with Crippen LogP contribution in [0, 0.1) is 0 Å². The van der Waals surface area contributed by atoms with E-state index < -0.39 is 0 Å². The Morgan fingerprint density at radius 3 is 2.20 bits per heavy atom. The molecule has 0 aliphatic carbocycles. The molecule has 0 saturated heterocycles. The van der Waals surface area contributed by atoms with E-state index in [1.807, 2.05) is 0 Å². The van der Waals surface area contributed by atoms with E-state index in [0.717, 1.165) is 0 Å². The van der Waals surface area contributed by atoms with Crippen LogP contribution in [0.1, 0.15) is 6.92 Å². The predicted molar refractivity (Wildman–Crippen MR) is 73.4 cm³/mol. The van der Waals surface area contributed by atoms with E-state index in [0.29, 0.717) is 56.8 Å². The molecule has 1 amide bonds. The summed E-state index contributed by atoms with van der Waals surface area (Å²) in [4.78, 5) is 11.1. The normalized spacial score (nSPS) is 16.6. The first-order chi connectivity index (χ1) is 9.75. The number of ether oxygens (including phenoxy) is 4. The quantitative estimate of drug-likeness (QED) is 0.844. The Hall–Kier alpha value is -1.79. The summed E-state index contributed by atoms with van der Waals surface area (Å²) in [7, 11) is 0. The first kappa shape index (κ1) is 14.6. The molecule has 0 aromatic heterocycles. The Kier molecular flexibility index (Phi) is 5.64. The summed E-state index contributed by atoms with van der Waals surface area (Å²) in [6, 6.07) is 5.28. The van der Waals surface area contributed by atoms with E-state index in [4.69, 9.17) is 18.9 Å². The van der Waals surface area contributed by atoms with Crippen LogP contribution in [0.15, 0.2) is 18.2 Å². The van der Waals surface area contributed by atoms with Crippen LogP contribution < -0.4 is 14.8 Å². The van der Waals surface area contributed by atoms with Crippen molar-refractivity contribution >= 4 is 11.6 Å². The maximum atomic E-state index is 11.1. The Morgan fingerprint density at radius 2 is 1.55 bits per heavy atom. The van der Waals surface area contributed by atoms with Gasteiger partial charge >= 0.3 is 0 Å². The maximum absolute atomic E-state index is 11.1. The lowest BCUT2D eigenvalue weighted by atomic mass is 10.2. The fraction of sp³-hybridized carbons (Fsp3) is 0.500. The monoisotopic (exact) mass is 281 g/mol. The van der Waals surface area contributed by atoms with Crippen molar-refractivity contribution in [2.24, 2.45) is 0 Å². The highest BCUT2D eigenvalue weighted by atomic mass is 16.6.